The molecule has 152 valence electrons. The molecule has 2 aromatic carbocycles. The number of rotatable bonds is 7. The van der Waals surface area contributed by atoms with Crippen LogP contribution < -0.4 is 20.1 Å². The van der Waals surface area contributed by atoms with Crippen molar-refractivity contribution < 1.29 is 23.0 Å². The lowest BCUT2D eigenvalue weighted by atomic mass is 10.2. The largest absolute Gasteiger partial charge is 0.493 e. The maximum Gasteiger partial charge on any atom is 0.387 e. The predicted molar refractivity (Wildman–Crippen MR) is 99.4 cm³/mol. The number of alkyl halides is 2. The van der Waals surface area contributed by atoms with Gasteiger partial charge in [0, 0.05) is 12.2 Å². The molecule has 0 aliphatic carbocycles. The smallest absolute Gasteiger partial charge is 0.387 e. The lowest BCUT2D eigenvalue weighted by molar-refractivity contribution is -0.0512. The van der Waals surface area contributed by atoms with Gasteiger partial charge >= 0.3 is 12.6 Å². The zero-order chi connectivity index (χ0) is 20.8. The number of hydrogen-bond acceptors (Lipinski definition) is 6. The van der Waals surface area contributed by atoms with Crippen molar-refractivity contribution in [1.82, 2.24) is 25.5 Å². The summed E-state index contributed by atoms with van der Waals surface area (Å²) in [5.41, 5.74) is 1.79. The van der Waals surface area contributed by atoms with Crippen molar-refractivity contribution in [3.63, 3.8) is 0 Å². The number of tetrazole rings is 1. The molecule has 29 heavy (non-hydrogen) atoms. The van der Waals surface area contributed by atoms with E-state index in [2.05, 4.69) is 30.9 Å². The average molecular weight is 404 g/mol. The molecule has 0 atom stereocenters. The van der Waals surface area contributed by atoms with Crippen LogP contribution in [-0.2, 0) is 6.54 Å². The minimum Gasteiger partial charge on any atom is -0.493 e. The molecular formula is C18H18F2N6O3. The van der Waals surface area contributed by atoms with Gasteiger partial charge in [-0.1, -0.05) is 12.1 Å². The summed E-state index contributed by atoms with van der Waals surface area (Å²) in [6.45, 7) is -1.12. The fourth-order valence-corrected chi connectivity index (χ4v) is 2.56. The molecule has 0 aliphatic rings. The Morgan fingerprint density at radius 1 is 1.21 bits per heavy atom. The van der Waals surface area contributed by atoms with E-state index in [0.29, 0.717) is 22.8 Å². The summed E-state index contributed by atoms with van der Waals surface area (Å²) < 4.78 is 36.0. The number of urea groups is 1. The zero-order valence-electron chi connectivity index (χ0n) is 15.6. The molecular weight excluding hydrogens is 386 g/mol. The van der Waals surface area contributed by atoms with Gasteiger partial charge in [-0.3, -0.25) is 0 Å². The second kappa shape index (κ2) is 8.95. The summed E-state index contributed by atoms with van der Waals surface area (Å²) >= 11 is 0. The standard InChI is InChI=1S/C18H18F2N6O3/c1-11-23-24-25-26(11)14-5-3-4-13(9-14)22-18(27)21-10-12-6-7-15(28-2)16(8-12)29-17(19)20/h3-9,17H,10H2,1-2H3,(H2,21,22,27). The van der Waals surface area contributed by atoms with Crippen LogP contribution in [0.4, 0.5) is 19.3 Å². The summed E-state index contributed by atoms with van der Waals surface area (Å²) in [4.78, 5) is 12.2. The van der Waals surface area contributed by atoms with Gasteiger partial charge in [0.1, 0.15) is 0 Å². The molecule has 2 N–H and O–H groups in total. The van der Waals surface area contributed by atoms with Crippen LogP contribution >= 0.6 is 0 Å². The Morgan fingerprint density at radius 2 is 2.03 bits per heavy atom. The van der Waals surface area contributed by atoms with Crippen LogP contribution in [0.2, 0.25) is 0 Å². The topological polar surface area (TPSA) is 103 Å². The molecule has 3 rings (SSSR count). The molecule has 3 aromatic rings. The van der Waals surface area contributed by atoms with Crippen molar-refractivity contribution in [3.05, 3.63) is 53.9 Å². The number of carbonyl (C=O) groups excluding carboxylic acids is 1. The van der Waals surface area contributed by atoms with E-state index in [1.807, 2.05) is 0 Å². The van der Waals surface area contributed by atoms with Crippen LogP contribution in [0, 0.1) is 6.92 Å². The number of ether oxygens (including phenoxy) is 2. The highest BCUT2D eigenvalue weighted by Crippen LogP contribution is 2.29. The molecule has 9 nitrogen and oxygen atoms in total. The number of halogens is 2. The first-order valence-corrected chi connectivity index (χ1v) is 8.48. The van der Waals surface area contributed by atoms with E-state index in [9.17, 15) is 13.6 Å². The summed E-state index contributed by atoms with van der Waals surface area (Å²) in [5, 5.41) is 16.6. The lowest BCUT2D eigenvalue weighted by Crippen LogP contribution is -2.28. The van der Waals surface area contributed by atoms with E-state index >= 15 is 0 Å². The summed E-state index contributed by atoms with van der Waals surface area (Å²) in [6.07, 6.45) is 0. The molecule has 2 amide bonds. The molecule has 0 spiro atoms. The maximum atomic E-state index is 12.5. The number of methoxy groups -OCH3 is 1. The third-order valence-corrected chi connectivity index (χ3v) is 3.87. The normalized spacial score (nSPS) is 10.7. The average Bonchev–Trinajstić information content (AvgIpc) is 3.12. The Hall–Kier alpha value is -3.76. The molecule has 11 heteroatoms. The number of aryl methyl sites for hydroxylation is 1. The maximum absolute atomic E-state index is 12.5. The first-order valence-electron chi connectivity index (χ1n) is 8.48. The first kappa shape index (κ1) is 20.0. The summed E-state index contributed by atoms with van der Waals surface area (Å²) in [7, 11) is 1.35. The second-order valence-corrected chi connectivity index (χ2v) is 5.86. The van der Waals surface area contributed by atoms with Crippen LogP contribution in [0.5, 0.6) is 11.5 Å². The zero-order valence-corrected chi connectivity index (χ0v) is 15.6. The Kier molecular flexibility index (Phi) is 6.17. The fraction of sp³-hybridized carbons (Fsp3) is 0.222. The molecule has 1 heterocycles. The highest BCUT2D eigenvalue weighted by atomic mass is 19.3. The van der Waals surface area contributed by atoms with Gasteiger partial charge in [-0.15, -0.1) is 5.10 Å². The van der Waals surface area contributed by atoms with E-state index in [4.69, 9.17) is 4.74 Å². The van der Waals surface area contributed by atoms with Gasteiger partial charge in [0.2, 0.25) is 0 Å². The summed E-state index contributed by atoms with van der Waals surface area (Å²) in [6, 6.07) is 11.0. The SMILES string of the molecule is COc1ccc(CNC(=O)Nc2cccc(-n3nnnc3C)c2)cc1OC(F)F. The van der Waals surface area contributed by atoms with E-state index in [1.54, 1.807) is 37.3 Å². The number of nitrogens with one attached hydrogen (secondary N) is 2. The number of carbonyl (C=O) groups is 1. The highest BCUT2D eigenvalue weighted by Gasteiger charge is 2.12. The number of amides is 2. The Bertz CT molecular complexity index is 995. The molecule has 1 aromatic heterocycles. The molecule has 0 saturated carbocycles. The van der Waals surface area contributed by atoms with Crippen LogP contribution in [0.3, 0.4) is 0 Å². The van der Waals surface area contributed by atoms with Crippen molar-refractivity contribution in [3.8, 4) is 17.2 Å². The van der Waals surface area contributed by atoms with Gasteiger partial charge in [0.05, 0.1) is 12.8 Å². The van der Waals surface area contributed by atoms with Crippen LogP contribution in [0.25, 0.3) is 5.69 Å². The summed E-state index contributed by atoms with van der Waals surface area (Å²) in [5.74, 6) is 0.674. The van der Waals surface area contributed by atoms with Crippen molar-refractivity contribution in [2.75, 3.05) is 12.4 Å². The van der Waals surface area contributed by atoms with Gasteiger partial charge in [-0.2, -0.15) is 13.5 Å². The third kappa shape index (κ3) is 5.15. The van der Waals surface area contributed by atoms with E-state index in [0.717, 1.165) is 0 Å². The monoisotopic (exact) mass is 404 g/mol. The van der Waals surface area contributed by atoms with Gasteiger partial charge < -0.3 is 20.1 Å². The van der Waals surface area contributed by atoms with Crippen molar-refractivity contribution >= 4 is 11.7 Å². The lowest BCUT2D eigenvalue weighted by Gasteiger charge is -2.12. The van der Waals surface area contributed by atoms with Crippen molar-refractivity contribution in [1.29, 1.82) is 0 Å². The number of aromatic nitrogens is 4. The molecule has 0 unspecified atom stereocenters. The van der Waals surface area contributed by atoms with Crippen LogP contribution in [0.1, 0.15) is 11.4 Å². The molecule has 0 saturated heterocycles. The van der Waals surface area contributed by atoms with Gasteiger partial charge in [-0.05, 0) is 53.2 Å². The van der Waals surface area contributed by atoms with E-state index < -0.39 is 12.6 Å². The number of nitrogens with zero attached hydrogens (tertiary/aromatic N) is 4. The van der Waals surface area contributed by atoms with Gasteiger partial charge in [0.15, 0.2) is 17.3 Å². The second-order valence-electron chi connectivity index (χ2n) is 5.86. The highest BCUT2D eigenvalue weighted by molar-refractivity contribution is 5.89. The number of benzene rings is 2. The quantitative estimate of drug-likeness (QED) is 0.628. The first-order chi connectivity index (χ1) is 14.0. The van der Waals surface area contributed by atoms with Crippen LogP contribution in [0.15, 0.2) is 42.5 Å². The van der Waals surface area contributed by atoms with E-state index in [1.165, 1.54) is 23.9 Å². The van der Waals surface area contributed by atoms with E-state index in [-0.39, 0.29) is 18.0 Å². The Balaban J connectivity index is 1.63. The van der Waals surface area contributed by atoms with Gasteiger partial charge in [-0.25, -0.2) is 4.79 Å². The van der Waals surface area contributed by atoms with Crippen LogP contribution in [-0.4, -0.2) is 40.0 Å². The predicted octanol–water partition coefficient (Wildman–Crippen LogP) is 2.90. The van der Waals surface area contributed by atoms with Gasteiger partial charge in [0.25, 0.3) is 0 Å². The number of anilines is 1. The molecule has 0 aliphatic heterocycles. The van der Waals surface area contributed by atoms with Crippen molar-refractivity contribution in [2.45, 2.75) is 20.1 Å². The molecule has 0 bridgehead atoms. The fourth-order valence-electron chi connectivity index (χ4n) is 2.56. The molecule has 0 fully saturated rings. The minimum absolute atomic E-state index is 0.0984. The Morgan fingerprint density at radius 3 is 2.72 bits per heavy atom. The molecule has 0 radical (unpaired) electrons. The third-order valence-electron chi connectivity index (χ3n) is 3.87. The minimum atomic E-state index is -2.98. The Labute approximate surface area is 164 Å². The van der Waals surface area contributed by atoms with Crippen molar-refractivity contribution in [2.24, 2.45) is 0 Å². The number of hydrogen-bond donors (Lipinski definition) is 2.